The summed E-state index contributed by atoms with van der Waals surface area (Å²) in [5, 5.41) is 14.1. The van der Waals surface area contributed by atoms with Crippen LogP contribution in [0.3, 0.4) is 0 Å². The summed E-state index contributed by atoms with van der Waals surface area (Å²) in [6.07, 6.45) is -0.188. The lowest BCUT2D eigenvalue weighted by Gasteiger charge is -2.18. The van der Waals surface area contributed by atoms with Gasteiger partial charge in [-0.15, -0.1) is 0 Å². The first-order valence-corrected chi connectivity index (χ1v) is 8.11. The smallest absolute Gasteiger partial charge is 0.330 e. The molecule has 2 rings (SSSR count). The number of carboxylic acids is 1. The van der Waals surface area contributed by atoms with Crippen LogP contribution in [0.25, 0.3) is 0 Å². The van der Waals surface area contributed by atoms with Crippen LogP contribution < -0.4 is 10.6 Å². The highest BCUT2D eigenvalue weighted by Crippen LogP contribution is 2.17. The van der Waals surface area contributed by atoms with E-state index in [1.165, 1.54) is 0 Å². The van der Waals surface area contributed by atoms with Crippen molar-refractivity contribution in [2.24, 2.45) is 0 Å². The Kier molecular flexibility index (Phi) is 6.59. The summed E-state index contributed by atoms with van der Waals surface area (Å²) in [4.78, 5) is 35.5. The SMILES string of the molecule is C[C@H](CC(=O)N[C@@H](C(=O)O)c1ccc(F)c(F)c1)NC(=O)c1ccccc1. The van der Waals surface area contributed by atoms with Crippen molar-refractivity contribution in [1.82, 2.24) is 10.6 Å². The number of nitrogens with one attached hydrogen (secondary N) is 2. The van der Waals surface area contributed by atoms with Gasteiger partial charge in [0.15, 0.2) is 17.7 Å². The fourth-order valence-corrected chi connectivity index (χ4v) is 2.43. The first-order chi connectivity index (χ1) is 12.8. The van der Waals surface area contributed by atoms with Crippen LogP contribution in [-0.4, -0.2) is 28.9 Å². The molecule has 8 heteroatoms. The van der Waals surface area contributed by atoms with Crippen molar-refractivity contribution in [2.75, 3.05) is 0 Å². The van der Waals surface area contributed by atoms with Gasteiger partial charge in [0.2, 0.25) is 5.91 Å². The first-order valence-electron chi connectivity index (χ1n) is 8.11. The molecule has 0 spiro atoms. The molecule has 27 heavy (non-hydrogen) atoms. The van der Waals surface area contributed by atoms with E-state index in [2.05, 4.69) is 10.6 Å². The van der Waals surface area contributed by atoms with Crippen molar-refractivity contribution in [3.05, 3.63) is 71.3 Å². The van der Waals surface area contributed by atoms with E-state index in [0.29, 0.717) is 5.56 Å². The molecule has 0 unspecified atom stereocenters. The molecule has 2 amide bonds. The Morgan fingerprint density at radius 1 is 1.00 bits per heavy atom. The van der Waals surface area contributed by atoms with Gasteiger partial charge in [-0.1, -0.05) is 24.3 Å². The maximum absolute atomic E-state index is 13.3. The van der Waals surface area contributed by atoms with Crippen LogP contribution in [0.5, 0.6) is 0 Å². The molecular formula is C19H18F2N2O4. The third-order valence-electron chi connectivity index (χ3n) is 3.73. The van der Waals surface area contributed by atoms with Crippen LogP contribution >= 0.6 is 0 Å². The molecule has 0 aliphatic heterocycles. The van der Waals surface area contributed by atoms with Gasteiger partial charge in [0.25, 0.3) is 5.91 Å². The number of carboxylic acid groups (broad SMARTS) is 1. The summed E-state index contributed by atoms with van der Waals surface area (Å²) in [6, 6.07) is 8.87. The molecule has 0 saturated carbocycles. The van der Waals surface area contributed by atoms with Crippen molar-refractivity contribution >= 4 is 17.8 Å². The number of carbonyl (C=O) groups excluding carboxylic acids is 2. The number of aliphatic carboxylic acids is 1. The monoisotopic (exact) mass is 376 g/mol. The van der Waals surface area contributed by atoms with Gasteiger partial charge in [0.05, 0.1) is 0 Å². The fraction of sp³-hybridized carbons (Fsp3) is 0.211. The summed E-state index contributed by atoms with van der Waals surface area (Å²) in [6.45, 7) is 1.59. The maximum Gasteiger partial charge on any atom is 0.330 e. The Balaban J connectivity index is 1.98. The van der Waals surface area contributed by atoms with Gasteiger partial charge in [0.1, 0.15) is 0 Å². The molecule has 0 bridgehead atoms. The van der Waals surface area contributed by atoms with Gasteiger partial charge in [-0.2, -0.15) is 0 Å². The third kappa shape index (κ3) is 5.60. The lowest BCUT2D eigenvalue weighted by atomic mass is 10.1. The number of hydrogen-bond donors (Lipinski definition) is 3. The predicted molar refractivity (Wildman–Crippen MR) is 92.9 cm³/mol. The first kappa shape index (κ1) is 20.0. The zero-order valence-corrected chi connectivity index (χ0v) is 14.4. The van der Waals surface area contributed by atoms with Crippen LogP contribution in [0.2, 0.25) is 0 Å². The van der Waals surface area contributed by atoms with Crippen molar-refractivity contribution in [1.29, 1.82) is 0 Å². The number of benzene rings is 2. The maximum atomic E-state index is 13.3. The molecule has 2 atom stereocenters. The molecule has 0 fully saturated rings. The number of carbonyl (C=O) groups is 3. The zero-order chi connectivity index (χ0) is 20.0. The summed E-state index contributed by atoms with van der Waals surface area (Å²) < 4.78 is 26.3. The zero-order valence-electron chi connectivity index (χ0n) is 14.4. The van der Waals surface area contributed by atoms with Gasteiger partial charge in [0, 0.05) is 18.0 Å². The number of rotatable bonds is 7. The highest BCUT2D eigenvalue weighted by atomic mass is 19.2. The molecule has 0 aliphatic carbocycles. The number of halogens is 2. The van der Waals surface area contributed by atoms with E-state index in [-0.39, 0.29) is 17.9 Å². The van der Waals surface area contributed by atoms with Crippen molar-refractivity contribution < 1.29 is 28.3 Å². The van der Waals surface area contributed by atoms with E-state index in [4.69, 9.17) is 0 Å². The highest BCUT2D eigenvalue weighted by Gasteiger charge is 2.24. The molecule has 2 aromatic rings. The van der Waals surface area contributed by atoms with Gasteiger partial charge in [-0.3, -0.25) is 9.59 Å². The van der Waals surface area contributed by atoms with Gasteiger partial charge in [-0.25, -0.2) is 13.6 Å². The lowest BCUT2D eigenvalue weighted by Crippen LogP contribution is -2.40. The molecule has 0 aliphatic rings. The molecule has 0 aromatic heterocycles. The Morgan fingerprint density at radius 3 is 2.26 bits per heavy atom. The summed E-state index contributed by atoms with van der Waals surface area (Å²) in [5.74, 6) is -4.78. The Hall–Kier alpha value is -3.29. The van der Waals surface area contributed by atoms with E-state index in [0.717, 1.165) is 18.2 Å². The Labute approximate surface area is 154 Å². The average molecular weight is 376 g/mol. The minimum absolute atomic E-state index is 0.101. The Morgan fingerprint density at radius 2 is 1.67 bits per heavy atom. The molecule has 0 radical (unpaired) electrons. The van der Waals surface area contributed by atoms with E-state index in [1.54, 1.807) is 37.3 Å². The highest BCUT2D eigenvalue weighted by molar-refractivity contribution is 5.94. The van der Waals surface area contributed by atoms with Crippen LogP contribution in [0.15, 0.2) is 48.5 Å². The van der Waals surface area contributed by atoms with E-state index >= 15 is 0 Å². The molecule has 142 valence electrons. The normalized spacial score (nSPS) is 12.7. The van der Waals surface area contributed by atoms with Crippen molar-refractivity contribution in [3.63, 3.8) is 0 Å². The molecule has 6 nitrogen and oxygen atoms in total. The fourth-order valence-electron chi connectivity index (χ4n) is 2.43. The molecular weight excluding hydrogens is 358 g/mol. The van der Waals surface area contributed by atoms with E-state index in [1.807, 2.05) is 0 Å². The molecule has 3 N–H and O–H groups in total. The largest absolute Gasteiger partial charge is 0.479 e. The Bertz CT molecular complexity index is 843. The van der Waals surface area contributed by atoms with Gasteiger partial charge >= 0.3 is 5.97 Å². The summed E-state index contributed by atoms with van der Waals surface area (Å²) in [5.41, 5.74) is 0.325. The quantitative estimate of drug-likeness (QED) is 0.692. The van der Waals surface area contributed by atoms with E-state index < -0.39 is 35.6 Å². The van der Waals surface area contributed by atoms with Crippen LogP contribution in [0.4, 0.5) is 8.78 Å². The van der Waals surface area contributed by atoms with E-state index in [9.17, 15) is 28.3 Å². The molecule has 0 saturated heterocycles. The molecule has 0 heterocycles. The second-order valence-corrected chi connectivity index (χ2v) is 5.96. The number of amides is 2. The molecule has 2 aromatic carbocycles. The van der Waals surface area contributed by atoms with Crippen molar-refractivity contribution in [3.8, 4) is 0 Å². The number of hydrogen-bond acceptors (Lipinski definition) is 3. The average Bonchev–Trinajstić information content (AvgIpc) is 2.62. The standard InChI is InChI=1S/C19H18F2N2O4/c1-11(22-18(25)12-5-3-2-4-6-12)9-16(24)23-17(19(26)27)13-7-8-14(20)15(21)10-13/h2-8,10-11,17H,9H2,1H3,(H,22,25)(H,23,24)(H,26,27)/t11-,17-/m1/s1. The lowest BCUT2D eigenvalue weighted by molar-refractivity contribution is -0.142. The second kappa shape index (κ2) is 8.88. The summed E-state index contributed by atoms with van der Waals surface area (Å²) in [7, 11) is 0. The minimum Gasteiger partial charge on any atom is -0.479 e. The predicted octanol–water partition coefficient (Wildman–Crippen LogP) is 2.42. The van der Waals surface area contributed by atoms with Crippen LogP contribution in [0.1, 0.15) is 35.3 Å². The topological polar surface area (TPSA) is 95.5 Å². The minimum atomic E-state index is -1.54. The third-order valence-corrected chi connectivity index (χ3v) is 3.73. The van der Waals surface area contributed by atoms with Gasteiger partial charge < -0.3 is 15.7 Å². The van der Waals surface area contributed by atoms with Gasteiger partial charge in [-0.05, 0) is 36.8 Å². The van der Waals surface area contributed by atoms with Crippen molar-refractivity contribution in [2.45, 2.75) is 25.4 Å². The van der Waals surface area contributed by atoms with Crippen LogP contribution in [-0.2, 0) is 9.59 Å². The van der Waals surface area contributed by atoms with Crippen LogP contribution in [0, 0.1) is 11.6 Å². The summed E-state index contributed by atoms with van der Waals surface area (Å²) >= 11 is 0. The second-order valence-electron chi connectivity index (χ2n) is 5.96.